The molecule has 0 unspecified atom stereocenters. The van der Waals surface area contributed by atoms with Crippen molar-refractivity contribution in [3.63, 3.8) is 0 Å². The van der Waals surface area contributed by atoms with E-state index in [1.54, 1.807) is 17.4 Å². The van der Waals surface area contributed by atoms with Crippen LogP contribution in [0.1, 0.15) is 15.4 Å². The molecule has 2 heterocycles. The smallest absolute Gasteiger partial charge is 0.356 e. The minimum absolute atomic E-state index is 0.149. The van der Waals surface area contributed by atoms with Crippen LogP contribution in [-0.4, -0.2) is 27.7 Å². The molecule has 0 fully saturated rings. The largest absolute Gasteiger partial charge is 0.476 e. The van der Waals surface area contributed by atoms with E-state index < -0.39 is 5.97 Å². The zero-order valence-electron chi connectivity index (χ0n) is 10.4. The number of pyridine rings is 1. The van der Waals surface area contributed by atoms with Gasteiger partial charge in [-0.05, 0) is 23.6 Å². The van der Waals surface area contributed by atoms with Gasteiger partial charge in [-0.2, -0.15) is 0 Å². The fourth-order valence-corrected chi connectivity index (χ4v) is 3.17. The molecule has 0 saturated heterocycles. The molecule has 2 aromatic heterocycles. The lowest BCUT2D eigenvalue weighted by Crippen LogP contribution is -2.17. The number of nitrogens with zero attached hydrogens (tertiary/aromatic N) is 1. The number of anilines is 1. The maximum absolute atomic E-state index is 11.8. The van der Waals surface area contributed by atoms with E-state index in [4.69, 9.17) is 5.11 Å². The van der Waals surface area contributed by atoms with Crippen LogP contribution in [0.4, 0.5) is 5.69 Å². The first-order chi connectivity index (χ1) is 9.66. The normalized spacial score (nSPS) is 10.2. The molecule has 0 aromatic carbocycles. The van der Waals surface area contributed by atoms with Crippen LogP contribution < -0.4 is 5.32 Å². The Balaban J connectivity index is 1.87. The van der Waals surface area contributed by atoms with Crippen molar-refractivity contribution in [2.75, 3.05) is 11.1 Å². The fourth-order valence-electron chi connectivity index (χ4n) is 1.50. The predicted molar refractivity (Wildman–Crippen MR) is 80.3 cm³/mol. The summed E-state index contributed by atoms with van der Waals surface area (Å²) in [6.45, 7) is 0. The van der Waals surface area contributed by atoms with Crippen molar-refractivity contribution in [1.82, 2.24) is 4.98 Å². The third kappa shape index (κ3) is 4.07. The van der Waals surface area contributed by atoms with Crippen molar-refractivity contribution >= 4 is 40.7 Å². The second-order valence-electron chi connectivity index (χ2n) is 3.83. The maximum Gasteiger partial charge on any atom is 0.356 e. The second-order valence-corrected chi connectivity index (χ2v) is 5.84. The van der Waals surface area contributed by atoms with Gasteiger partial charge in [0.15, 0.2) is 5.69 Å². The van der Waals surface area contributed by atoms with Crippen LogP contribution in [0.15, 0.2) is 35.8 Å². The number of hydrogen-bond acceptors (Lipinski definition) is 5. The zero-order valence-corrected chi connectivity index (χ0v) is 12.0. The molecule has 2 aromatic rings. The summed E-state index contributed by atoms with van der Waals surface area (Å²) in [6.07, 6.45) is 1.38. The van der Waals surface area contributed by atoms with Crippen molar-refractivity contribution < 1.29 is 14.7 Å². The molecule has 2 rings (SSSR count). The average molecular weight is 308 g/mol. The van der Waals surface area contributed by atoms with Gasteiger partial charge in [0, 0.05) is 16.8 Å². The minimum Gasteiger partial charge on any atom is -0.476 e. The van der Waals surface area contributed by atoms with Crippen molar-refractivity contribution in [2.45, 2.75) is 5.75 Å². The summed E-state index contributed by atoms with van der Waals surface area (Å²) in [5, 5.41) is 13.5. The summed E-state index contributed by atoms with van der Waals surface area (Å²) in [5.41, 5.74) is 0.0748. The molecule has 20 heavy (non-hydrogen) atoms. The number of nitrogens with one attached hydrogen (secondary N) is 1. The lowest BCUT2D eigenvalue weighted by molar-refractivity contribution is -0.113. The van der Waals surface area contributed by atoms with Crippen molar-refractivity contribution in [2.24, 2.45) is 0 Å². The molecule has 0 aliphatic heterocycles. The Morgan fingerprint density at radius 3 is 2.90 bits per heavy atom. The van der Waals surface area contributed by atoms with Crippen LogP contribution in [0.25, 0.3) is 0 Å². The Morgan fingerprint density at radius 1 is 1.35 bits per heavy atom. The SMILES string of the molecule is O=C(CSCc1cccs1)Nc1cccnc1C(=O)O. The van der Waals surface area contributed by atoms with E-state index in [1.807, 2.05) is 17.5 Å². The summed E-state index contributed by atoms with van der Waals surface area (Å²) in [6, 6.07) is 7.09. The quantitative estimate of drug-likeness (QED) is 0.857. The van der Waals surface area contributed by atoms with Crippen LogP contribution >= 0.6 is 23.1 Å². The second kappa shape index (κ2) is 7.06. The van der Waals surface area contributed by atoms with Crippen LogP contribution in [-0.2, 0) is 10.5 Å². The molecule has 0 radical (unpaired) electrons. The number of amides is 1. The lowest BCUT2D eigenvalue weighted by Gasteiger charge is -2.06. The minimum atomic E-state index is -1.16. The number of carbonyl (C=O) groups is 2. The van der Waals surface area contributed by atoms with Gasteiger partial charge in [0.05, 0.1) is 11.4 Å². The third-order valence-corrected chi connectivity index (χ3v) is 4.38. The number of hydrogen-bond donors (Lipinski definition) is 2. The summed E-state index contributed by atoms with van der Waals surface area (Å²) in [4.78, 5) is 27.7. The van der Waals surface area contributed by atoms with Crippen molar-refractivity contribution in [1.29, 1.82) is 0 Å². The highest BCUT2D eigenvalue weighted by Crippen LogP contribution is 2.18. The molecule has 7 heteroatoms. The third-order valence-electron chi connectivity index (χ3n) is 2.34. The average Bonchev–Trinajstić information content (AvgIpc) is 2.92. The topological polar surface area (TPSA) is 79.3 Å². The summed E-state index contributed by atoms with van der Waals surface area (Å²) in [5.74, 6) is -0.357. The number of rotatable bonds is 6. The number of aromatic carboxylic acids is 1. The predicted octanol–water partition coefficient (Wildman–Crippen LogP) is 2.71. The van der Waals surface area contributed by atoms with Gasteiger partial charge in [-0.15, -0.1) is 23.1 Å². The first kappa shape index (κ1) is 14.5. The van der Waals surface area contributed by atoms with Gasteiger partial charge in [0.1, 0.15) is 0 Å². The molecule has 0 saturated carbocycles. The molecule has 0 spiro atoms. The zero-order chi connectivity index (χ0) is 14.4. The Kier molecular flexibility index (Phi) is 5.14. The van der Waals surface area contributed by atoms with E-state index in [0.29, 0.717) is 0 Å². The van der Waals surface area contributed by atoms with Crippen LogP contribution in [0.2, 0.25) is 0 Å². The highest BCUT2D eigenvalue weighted by Gasteiger charge is 2.13. The lowest BCUT2D eigenvalue weighted by atomic mass is 10.3. The fraction of sp³-hybridized carbons (Fsp3) is 0.154. The van der Waals surface area contributed by atoms with Gasteiger partial charge in [0.2, 0.25) is 5.91 Å². The summed E-state index contributed by atoms with van der Waals surface area (Å²) < 4.78 is 0. The van der Waals surface area contributed by atoms with Crippen molar-refractivity contribution in [3.8, 4) is 0 Å². The Morgan fingerprint density at radius 2 is 2.20 bits per heavy atom. The Labute approximate surface area is 124 Å². The molecule has 2 N–H and O–H groups in total. The first-order valence-corrected chi connectivity index (χ1v) is 7.78. The molecule has 5 nitrogen and oxygen atoms in total. The van der Waals surface area contributed by atoms with Crippen LogP contribution in [0, 0.1) is 0 Å². The van der Waals surface area contributed by atoms with E-state index in [9.17, 15) is 9.59 Å². The number of aromatic nitrogens is 1. The Hall–Kier alpha value is -1.86. The molecule has 1 amide bonds. The maximum atomic E-state index is 11.8. The number of thiophene rings is 1. The summed E-state index contributed by atoms with van der Waals surface area (Å²) >= 11 is 3.13. The van der Waals surface area contributed by atoms with E-state index in [0.717, 1.165) is 5.75 Å². The molecular formula is C13H12N2O3S2. The van der Waals surface area contributed by atoms with E-state index >= 15 is 0 Å². The number of carboxylic acid groups (broad SMARTS) is 1. The number of carboxylic acids is 1. The standard InChI is InChI=1S/C13H12N2O3S2/c16-11(8-19-7-9-3-2-6-20-9)15-10-4-1-5-14-12(10)13(17)18/h1-6H,7-8H2,(H,15,16)(H,17,18). The van der Waals surface area contributed by atoms with E-state index in [-0.39, 0.29) is 23.0 Å². The van der Waals surface area contributed by atoms with Gasteiger partial charge in [-0.25, -0.2) is 9.78 Å². The van der Waals surface area contributed by atoms with E-state index in [1.165, 1.54) is 28.9 Å². The number of thioether (sulfide) groups is 1. The molecule has 104 valence electrons. The van der Waals surface area contributed by atoms with Gasteiger partial charge in [-0.1, -0.05) is 6.07 Å². The van der Waals surface area contributed by atoms with Gasteiger partial charge < -0.3 is 10.4 Å². The highest BCUT2D eigenvalue weighted by atomic mass is 32.2. The molecule has 0 aliphatic rings. The molecule has 0 bridgehead atoms. The van der Waals surface area contributed by atoms with E-state index in [2.05, 4.69) is 10.3 Å². The van der Waals surface area contributed by atoms with Crippen LogP contribution in [0.3, 0.4) is 0 Å². The molecular weight excluding hydrogens is 296 g/mol. The van der Waals surface area contributed by atoms with Gasteiger partial charge in [0.25, 0.3) is 0 Å². The summed E-state index contributed by atoms with van der Waals surface area (Å²) in [7, 11) is 0. The highest BCUT2D eigenvalue weighted by molar-refractivity contribution is 7.99. The molecule has 0 aliphatic carbocycles. The van der Waals surface area contributed by atoms with Gasteiger partial charge >= 0.3 is 5.97 Å². The Bertz CT molecular complexity index is 599. The number of carbonyl (C=O) groups excluding carboxylic acids is 1. The molecule has 0 atom stereocenters. The van der Waals surface area contributed by atoms with Crippen molar-refractivity contribution in [3.05, 3.63) is 46.4 Å². The monoisotopic (exact) mass is 308 g/mol. The van der Waals surface area contributed by atoms with Gasteiger partial charge in [-0.3, -0.25) is 4.79 Å². The first-order valence-electron chi connectivity index (χ1n) is 5.75. The van der Waals surface area contributed by atoms with Crippen LogP contribution in [0.5, 0.6) is 0 Å².